The molecule has 1 aliphatic heterocycles. The van der Waals surface area contributed by atoms with Crippen molar-refractivity contribution in [1.82, 2.24) is 24.7 Å². The molecule has 0 bridgehead atoms. The molecule has 0 unspecified atom stereocenters. The lowest BCUT2D eigenvalue weighted by Crippen LogP contribution is -2.47. The molecule has 12 heteroatoms. The average Bonchev–Trinajstić information content (AvgIpc) is 3.29. The number of nitrogens with one attached hydrogen (secondary N) is 1. The first-order valence-corrected chi connectivity index (χ1v) is 12.7. The van der Waals surface area contributed by atoms with Gasteiger partial charge in [-0.15, -0.1) is 0 Å². The van der Waals surface area contributed by atoms with Gasteiger partial charge in [0, 0.05) is 43.9 Å². The van der Waals surface area contributed by atoms with Crippen LogP contribution in [0.2, 0.25) is 0 Å². The van der Waals surface area contributed by atoms with Crippen molar-refractivity contribution < 1.29 is 13.7 Å². The molecule has 0 atom stereocenters. The first kappa shape index (κ1) is 26.5. The van der Waals surface area contributed by atoms with Crippen LogP contribution in [0.25, 0.3) is 0 Å². The van der Waals surface area contributed by atoms with Crippen molar-refractivity contribution >= 4 is 24.1 Å². The maximum Gasteiger partial charge on any atom is 0.270 e. The normalized spacial score (nSPS) is 14.8. The van der Waals surface area contributed by atoms with Crippen LogP contribution in [0, 0.1) is 26.5 Å². The minimum Gasteiger partial charge on any atom is -0.293 e. The second-order valence-electron chi connectivity index (χ2n) is 9.17. The summed E-state index contributed by atoms with van der Waals surface area (Å²) in [4.78, 5) is 15.1. The Hall–Kier alpha value is -4.13. The lowest BCUT2D eigenvalue weighted by Gasteiger charge is -2.39. The topological polar surface area (TPSA) is 95.6 Å². The van der Waals surface area contributed by atoms with E-state index in [0.29, 0.717) is 22.7 Å². The highest BCUT2D eigenvalue weighted by atomic mass is 32.1. The quantitative estimate of drug-likeness (QED) is 0.145. The smallest absolute Gasteiger partial charge is 0.270 e. The second-order valence-corrected chi connectivity index (χ2v) is 9.56. The van der Waals surface area contributed by atoms with Crippen LogP contribution in [-0.4, -0.2) is 62.0 Å². The number of hydrogen-bond acceptors (Lipinski definition) is 7. The Morgan fingerprint density at radius 1 is 1.00 bits per heavy atom. The third kappa shape index (κ3) is 6.30. The lowest BCUT2D eigenvalue weighted by atomic mass is 9.96. The summed E-state index contributed by atoms with van der Waals surface area (Å²) in [5.74, 6) is 0.00901. The number of non-ortho nitro benzene ring substituents is 1. The predicted octanol–water partition coefficient (Wildman–Crippen LogP) is 4.92. The monoisotopic (exact) mass is 549 g/mol. The molecule has 1 aliphatic rings. The minimum absolute atomic E-state index is 0.0209. The zero-order valence-electron chi connectivity index (χ0n) is 20.8. The lowest BCUT2D eigenvalue weighted by molar-refractivity contribution is -0.384. The van der Waals surface area contributed by atoms with Crippen LogP contribution in [0.5, 0.6) is 0 Å². The number of nitrogens with zero attached hydrogens (tertiary/aromatic N) is 6. The van der Waals surface area contributed by atoms with Gasteiger partial charge in [-0.2, -0.15) is 14.9 Å². The van der Waals surface area contributed by atoms with Gasteiger partial charge in [-0.3, -0.25) is 25.0 Å². The fraction of sp³-hybridized carbons (Fsp3) is 0.222. The van der Waals surface area contributed by atoms with Crippen LogP contribution in [-0.2, 0) is 6.54 Å². The zero-order chi connectivity index (χ0) is 27.4. The minimum atomic E-state index is -0.456. The summed E-state index contributed by atoms with van der Waals surface area (Å²) in [6.07, 6.45) is 1.51. The van der Waals surface area contributed by atoms with Crippen LogP contribution in [0.4, 0.5) is 14.5 Å². The molecule has 1 aromatic heterocycles. The summed E-state index contributed by atoms with van der Waals surface area (Å²) in [6, 6.07) is 18.9. The van der Waals surface area contributed by atoms with E-state index in [0.717, 1.165) is 37.3 Å². The molecule has 9 nitrogen and oxygen atoms in total. The van der Waals surface area contributed by atoms with Crippen LogP contribution in [0.1, 0.15) is 28.6 Å². The van der Waals surface area contributed by atoms with Gasteiger partial charge < -0.3 is 0 Å². The summed E-state index contributed by atoms with van der Waals surface area (Å²) in [7, 11) is 0. The van der Waals surface area contributed by atoms with Gasteiger partial charge in [0.2, 0.25) is 4.77 Å². The van der Waals surface area contributed by atoms with Gasteiger partial charge in [0.1, 0.15) is 11.6 Å². The largest absolute Gasteiger partial charge is 0.293 e. The van der Waals surface area contributed by atoms with E-state index in [1.807, 2.05) is 0 Å². The number of benzene rings is 3. The molecule has 3 aromatic carbocycles. The fourth-order valence-electron chi connectivity index (χ4n) is 4.67. The third-order valence-corrected chi connectivity index (χ3v) is 6.89. The van der Waals surface area contributed by atoms with Crippen molar-refractivity contribution in [2.75, 3.05) is 26.2 Å². The van der Waals surface area contributed by atoms with Crippen LogP contribution in [0.3, 0.4) is 0 Å². The Bertz CT molecular complexity index is 1480. The molecule has 1 saturated heterocycles. The second kappa shape index (κ2) is 11.7. The maximum atomic E-state index is 13.6. The maximum absolute atomic E-state index is 13.6. The van der Waals surface area contributed by atoms with E-state index in [9.17, 15) is 18.9 Å². The first-order chi connectivity index (χ1) is 18.9. The van der Waals surface area contributed by atoms with Crippen molar-refractivity contribution in [2.45, 2.75) is 12.6 Å². The van der Waals surface area contributed by atoms with Crippen molar-refractivity contribution in [3.05, 3.63) is 122 Å². The molecule has 200 valence electrons. The van der Waals surface area contributed by atoms with E-state index in [2.05, 4.69) is 25.1 Å². The van der Waals surface area contributed by atoms with Crippen molar-refractivity contribution in [3.63, 3.8) is 0 Å². The SMILES string of the molecule is O=[N+]([O-])c1cccc(/C=N/n2c(CN3CCN(C(c4ccc(F)cc4)c4ccc(F)cc4)CC3)n[nH]c2=S)c1. The number of aromatic nitrogens is 3. The molecule has 39 heavy (non-hydrogen) atoms. The van der Waals surface area contributed by atoms with Crippen LogP contribution < -0.4 is 0 Å². The van der Waals surface area contributed by atoms with Gasteiger partial charge in [-0.1, -0.05) is 36.4 Å². The van der Waals surface area contributed by atoms with E-state index in [4.69, 9.17) is 12.2 Å². The average molecular weight is 550 g/mol. The summed E-state index contributed by atoms with van der Waals surface area (Å²) in [6.45, 7) is 3.40. The first-order valence-electron chi connectivity index (χ1n) is 12.3. The Balaban J connectivity index is 1.29. The number of aromatic amines is 1. The molecule has 1 N–H and O–H groups in total. The van der Waals surface area contributed by atoms with Crippen molar-refractivity contribution in [1.29, 1.82) is 0 Å². The molecule has 0 saturated carbocycles. The van der Waals surface area contributed by atoms with Gasteiger partial charge in [-0.25, -0.2) is 8.78 Å². The number of rotatable bonds is 8. The Kier molecular flexibility index (Phi) is 7.96. The Morgan fingerprint density at radius 3 is 2.21 bits per heavy atom. The summed E-state index contributed by atoms with van der Waals surface area (Å²) >= 11 is 5.35. The fourth-order valence-corrected chi connectivity index (χ4v) is 4.87. The number of piperazine rings is 1. The van der Waals surface area contributed by atoms with Gasteiger partial charge >= 0.3 is 0 Å². The predicted molar refractivity (Wildman–Crippen MR) is 145 cm³/mol. The standard InChI is InChI=1S/C27H25F2N7O2S/c28-22-8-4-20(5-9-22)26(21-6-10-23(29)11-7-21)34-14-12-33(13-15-34)18-25-31-32-27(39)35(25)30-17-19-2-1-3-24(16-19)36(37)38/h1-11,16-17,26H,12-15,18H2,(H,32,39)/b30-17+. The number of nitro benzene ring substituents is 1. The van der Waals surface area contributed by atoms with Gasteiger partial charge in [-0.05, 0) is 47.6 Å². The van der Waals surface area contributed by atoms with Gasteiger partial charge in [0.15, 0.2) is 5.82 Å². The van der Waals surface area contributed by atoms with E-state index in [-0.39, 0.29) is 23.4 Å². The number of hydrogen-bond donors (Lipinski definition) is 1. The molecule has 1 fully saturated rings. The van der Waals surface area contributed by atoms with Crippen molar-refractivity contribution in [2.24, 2.45) is 5.10 Å². The molecule has 4 aromatic rings. The summed E-state index contributed by atoms with van der Waals surface area (Å²) < 4.78 is 29.1. The Morgan fingerprint density at radius 2 is 1.62 bits per heavy atom. The molecular weight excluding hydrogens is 524 g/mol. The highest BCUT2D eigenvalue weighted by Crippen LogP contribution is 2.30. The molecule has 0 aliphatic carbocycles. The van der Waals surface area contributed by atoms with E-state index < -0.39 is 4.92 Å². The van der Waals surface area contributed by atoms with Gasteiger partial charge in [0.25, 0.3) is 5.69 Å². The van der Waals surface area contributed by atoms with E-state index >= 15 is 0 Å². The molecule has 2 heterocycles. The highest BCUT2D eigenvalue weighted by Gasteiger charge is 2.27. The van der Waals surface area contributed by atoms with Gasteiger partial charge in [0.05, 0.1) is 23.7 Å². The zero-order valence-corrected chi connectivity index (χ0v) is 21.6. The summed E-state index contributed by atoms with van der Waals surface area (Å²) in [5.41, 5.74) is 2.42. The highest BCUT2D eigenvalue weighted by molar-refractivity contribution is 7.71. The molecule has 5 rings (SSSR count). The molecule has 0 radical (unpaired) electrons. The summed E-state index contributed by atoms with van der Waals surface area (Å²) in [5, 5.41) is 22.6. The molecule has 0 spiro atoms. The molecular formula is C27H25F2N7O2S. The van der Waals surface area contributed by atoms with Crippen LogP contribution >= 0.6 is 12.2 Å². The third-order valence-electron chi connectivity index (χ3n) is 6.63. The number of halogens is 2. The van der Waals surface area contributed by atoms with Crippen LogP contribution in [0.15, 0.2) is 77.9 Å². The molecule has 0 amide bonds. The number of H-pyrrole nitrogens is 1. The van der Waals surface area contributed by atoms with E-state index in [1.54, 1.807) is 36.4 Å². The van der Waals surface area contributed by atoms with E-state index in [1.165, 1.54) is 47.3 Å². The number of nitro groups is 1. The van der Waals surface area contributed by atoms with Crippen molar-refractivity contribution in [3.8, 4) is 0 Å². The Labute approximate surface area is 228 Å².